The van der Waals surface area contributed by atoms with Crippen LogP contribution in [-0.2, 0) is 9.53 Å². The lowest BCUT2D eigenvalue weighted by molar-refractivity contribution is -0.143. The summed E-state index contributed by atoms with van der Waals surface area (Å²) >= 11 is 0. The van der Waals surface area contributed by atoms with Crippen molar-refractivity contribution in [2.24, 2.45) is 5.92 Å². The van der Waals surface area contributed by atoms with Gasteiger partial charge in [-0.1, -0.05) is 31.5 Å². The Hall–Kier alpha value is -2.04. The summed E-state index contributed by atoms with van der Waals surface area (Å²) in [6.45, 7) is 7.60. The number of urea groups is 1. The van der Waals surface area contributed by atoms with Crippen molar-refractivity contribution in [2.45, 2.75) is 33.7 Å². The molecule has 5 nitrogen and oxygen atoms in total. The van der Waals surface area contributed by atoms with Gasteiger partial charge in [-0.2, -0.15) is 0 Å². The molecule has 110 valence electrons. The molecular weight excluding hydrogens is 256 g/mol. The van der Waals surface area contributed by atoms with Gasteiger partial charge >= 0.3 is 12.0 Å². The van der Waals surface area contributed by atoms with Crippen LogP contribution >= 0.6 is 0 Å². The number of carbonyl (C=O) groups excluding carboxylic acids is 2. The minimum absolute atomic E-state index is 0.0488. The van der Waals surface area contributed by atoms with Crippen LogP contribution in [0.1, 0.15) is 25.0 Å². The molecule has 0 aliphatic carbocycles. The Morgan fingerprint density at radius 3 is 2.35 bits per heavy atom. The molecule has 0 aliphatic heterocycles. The molecule has 0 saturated carbocycles. The molecule has 0 bridgehead atoms. The summed E-state index contributed by atoms with van der Waals surface area (Å²) in [7, 11) is 1.31. The number of amides is 2. The highest BCUT2D eigenvalue weighted by atomic mass is 16.5. The molecule has 0 aliphatic rings. The summed E-state index contributed by atoms with van der Waals surface area (Å²) < 4.78 is 4.68. The first-order chi connectivity index (χ1) is 9.35. The highest BCUT2D eigenvalue weighted by Gasteiger charge is 2.24. The SMILES string of the molecule is COC(=O)C(NC(=O)Nc1ccc(C)cc1C)C(C)C. The van der Waals surface area contributed by atoms with E-state index in [1.807, 2.05) is 45.9 Å². The van der Waals surface area contributed by atoms with Crippen molar-refractivity contribution in [3.8, 4) is 0 Å². The van der Waals surface area contributed by atoms with Gasteiger partial charge in [0.2, 0.25) is 0 Å². The zero-order valence-corrected chi connectivity index (χ0v) is 12.6. The van der Waals surface area contributed by atoms with Crippen LogP contribution in [0.4, 0.5) is 10.5 Å². The lowest BCUT2D eigenvalue weighted by Crippen LogP contribution is -2.46. The summed E-state index contributed by atoms with van der Waals surface area (Å²) in [5, 5.41) is 5.38. The number of nitrogens with one attached hydrogen (secondary N) is 2. The second kappa shape index (κ2) is 6.93. The highest BCUT2D eigenvalue weighted by molar-refractivity contribution is 5.93. The van der Waals surface area contributed by atoms with Gasteiger partial charge in [-0.15, -0.1) is 0 Å². The van der Waals surface area contributed by atoms with Crippen LogP contribution in [0.15, 0.2) is 18.2 Å². The molecule has 0 fully saturated rings. The zero-order valence-electron chi connectivity index (χ0n) is 12.6. The van der Waals surface area contributed by atoms with Crippen molar-refractivity contribution < 1.29 is 14.3 Å². The molecule has 0 radical (unpaired) electrons. The predicted molar refractivity (Wildman–Crippen MR) is 78.7 cm³/mol. The first kappa shape index (κ1) is 16.0. The number of esters is 1. The van der Waals surface area contributed by atoms with Crippen LogP contribution in [0.5, 0.6) is 0 Å². The van der Waals surface area contributed by atoms with Gasteiger partial charge in [-0.25, -0.2) is 9.59 Å². The van der Waals surface area contributed by atoms with Gasteiger partial charge < -0.3 is 15.4 Å². The van der Waals surface area contributed by atoms with E-state index < -0.39 is 18.0 Å². The molecule has 0 heterocycles. The van der Waals surface area contributed by atoms with Crippen molar-refractivity contribution in [1.29, 1.82) is 0 Å². The van der Waals surface area contributed by atoms with Gasteiger partial charge in [0.1, 0.15) is 6.04 Å². The Kier molecular flexibility index (Phi) is 5.55. The summed E-state index contributed by atoms with van der Waals surface area (Å²) in [6.07, 6.45) is 0. The number of benzene rings is 1. The Balaban J connectivity index is 2.73. The molecule has 2 N–H and O–H groups in total. The van der Waals surface area contributed by atoms with Gasteiger partial charge in [0.25, 0.3) is 0 Å². The normalized spacial score (nSPS) is 11.9. The molecule has 1 aromatic rings. The Morgan fingerprint density at radius 1 is 1.20 bits per heavy atom. The van der Waals surface area contributed by atoms with Gasteiger partial charge in [0, 0.05) is 5.69 Å². The summed E-state index contributed by atoms with van der Waals surface area (Å²) in [5.74, 6) is -0.497. The number of methoxy groups -OCH3 is 1. The van der Waals surface area contributed by atoms with Crippen molar-refractivity contribution in [2.75, 3.05) is 12.4 Å². The van der Waals surface area contributed by atoms with Crippen LogP contribution in [0.3, 0.4) is 0 Å². The van der Waals surface area contributed by atoms with E-state index in [2.05, 4.69) is 15.4 Å². The molecule has 1 rings (SSSR count). The summed E-state index contributed by atoms with van der Waals surface area (Å²) in [5.41, 5.74) is 2.82. The lowest BCUT2D eigenvalue weighted by atomic mass is 10.1. The van der Waals surface area contributed by atoms with Crippen molar-refractivity contribution in [3.63, 3.8) is 0 Å². The molecule has 2 amide bonds. The maximum absolute atomic E-state index is 12.0. The van der Waals surface area contributed by atoms with Crippen molar-refractivity contribution in [1.82, 2.24) is 5.32 Å². The fourth-order valence-electron chi connectivity index (χ4n) is 1.88. The minimum atomic E-state index is -0.661. The van der Waals surface area contributed by atoms with Crippen LogP contribution in [0.2, 0.25) is 0 Å². The van der Waals surface area contributed by atoms with E-state index in [4.69, 9.17) is 0 Å². The van der Waals surface area contributed by atoms with Gasteiger partial charge in [0.15, 0.2) is 0 Å². The molecular formula is C15H22N2O3. The van der Waals surface area contributed by atoms with E-state index in [1.54, 1.807) is 0 Å². The highest BCUT2D eigenvalue weighted by Crippen LogP contribution is 2.16. The molecule has 0 spiro atoms. The summed E-state index contributed by atoms with van der Waals surface area (Å²) in [6, 6.07) is 4.66. The third kappa shape index (κ3) is 4.26. The largest absolute Gasteiger partial charge is 0.467 e. The topological polar surface area (TPSA) is 67.4 Å². The number of ether oxygens (including phenoxy) is 1. The number of hydrogen-bond acceptors (Lipinski definition) is 3. The number of anilines is 1. The molecule has 1 aromatic carbocycles. The first-order valence-corrected chi connectivity index (χ1v) is 6.57. The minimum Gasteiger partial charge on any atom is -0.467 e. The Bertz CT molecular complexity index is 498. The fourth-order valence-corrected chi connectivity index (χ4v) is 1.88. The fraction of sp³-hybridized carbons (Fsp3) is 0.467. The van der Waals surface area contributed by atoms with Gasteiger partial charge in [-0.05, 0) is 31.4 Å². The molecule has 20 heavy (non-hydrogen) atoms. The van der Waals surface area contributed by atoms with E-state index >= 15 is 0 Å². The zero-order chi connectivity index (χ0) is 15.3. The van der Waals surface area contributed by atoms with Crippen molar-refractivity contribution >= 4 is 17.7 Å². The second-order valence-corrected chi connectivity index (χ2v) is 5.16. The van der Waals surface area contributed by atoms with Crippen LogP contribution < -0.4 is 10.6 Å². The maximum atomic E-state index is 12.0. The Morgan fingerprint density at radius 2 is 1.85 bits per heavy atom. The predicted octanol–water partition coefficient (Wildman–Crippen LogP) is 2.62. The third-order valence-electron chi connectivity index (χ3n) is 3.04. The maximum Gasteiger partial charge on any atom is 0.328 e. The third-order valence-corrected chi connectivity index (χ3v) is 3.04. The van der Waals surface area contributed by atoms with E-state index in [9.17, 15) is 9.59 Å². The molecule has 0 saturated heterocycles. The van der Waals surface area contributed by atoms with E-state index in [0.29, 0.717) is 0 Å². The molecule has 5 heteroatoms. The van der Waals surface area contributed by atoms with Gasteiger partial charge in [-0.3, -0.25) is 0 Å². The van der Waals surface area contributed by atoms with Crippen LogP contribution in [0, 0.1) is 19.8 Å². The average molecular weight is 278 g/mol. The molecule has 1 unspecified atom stereocenters. The van der Waals surface area contributed by atoms with Crippen molar-refractivity contribution in [3.05, 3.63) is 29.3 Å². The molecule has 0 aromatic heterocycles. The van der Waals surface area contributed by atoms with E-state index in [1.165, 1.54) is 7.11 Å². The second-order valence-electron chi connectivity index (χ2n) is 5.16. The van der Waals surface area contributed by atoms with Crippen LogP contribution in [-0.4, -0.2) is 25.2 Å². The Labute approximate surface area is 119 Å². The first-order valence-electron chi connectivity index (χ1n) is 6.57. The standard InChI is InChI=1S/C15H22N2O3/c1-9(2)13(14(18)20-5)17-15(19)16-12-7-6-10(3)8-11(12)4/h6-9,13H,1-5H3,(H2,16,17,19). The van der Waals surface area contributed by atoms with Gasteiger partial charge in [0.05, 0.1) is 7.11 Å². The van der Waals surface area contributed by atoms with E-state index in [0.717, 1.165) is 16.8 Å². The van der Waals surface area contributed by atoms with Crippen LogP contribution in [0.25, 0.3) is 0 Å². The number of hydrogen-bond donors (Lipinski definition) is 2. The number of carbonyl (C=O) groups is 2. The average Bonchev–Trinajstić information content (AvgIpc) is 2.38. The number of aryl methyl sites for hydroxylation is 2. The number of rotatable bonds is 4. The van der Waals surface area contributed by atoms with E-state index in [-0.39, 0.29) is 5.92 Å². The monoisotopic (exact) mass is 278 g/mol. The summed E-state index contributed by atoms with van der Waals surface area (Å²) in [4.78, 5) is 23.5. The molecule has 1 atom stereocenters. The smallest absolute Gasteiger partial charge is 0.328 e. The lowest BCUT2D eigenvalue weighted by Gasteiger charge is -2.20. The quantitative estimate of drug-likeness (QED) is 0.832.